The van der Waals surface area contributed by atoms with Crippen molar-refractivity contribution in [2.75, 3.05) is 31.6 Å². The summed E-state index contributed by atoms with van der Waals surface area (Å²) < 4.78 is 1.11. The van der Waals surface area contributed by atoms with Gasteiger partial charge in [-0.2, -0.15) is 0 Å². The van der Waals surface area contributed by atoms with Crippen molar-refractivity contribution in [3.05, 3.63) is 70.8 Å². The molecule has 0 amide bonds. The maximum absolute atomic E-state index is 9.55. The molecule has 0 radical (unpaired) electrons. The molecule has 0 spiro atoms. The van der Waals surface area contributed by atoms with Gasteiger partial charge < -0.3 is 20.0 Å². The van der Waals surface area contributed by atoms with Crippen LogP contribution in [0.2, 0.25) is 0 Å². The molecule has 2 rings (SSSR count). The predicted octanol–water partition coefficient (Wildman–Crippen LogP) is 3.51. The number of rotatable bonds is 9. The smallest absolute Gasteiger partial charge is 0.328 e. The van der Waals surface area contributed by atoms with Gasteiger partial charge in [-0.15, -0.1) is 0 Å². The lowest BCUT2D eigenvalue weighted by atomic mass is 10.2. The number of aromatic nitrogens is 1. The minimum atomic E-state index is -1.26. The van der Waals surface area contributed by atoms with Crippen LogP contribution in [-0.2, 0) is 16.1 Å². The number of carboxylic acids is 2. The van der Waals surface area contributed by atoms with Gasteiger partial charge in [0, 0.05) is 42.5 Å². The van der Waals surface area contributed by atoms with Gasteiger partial charge in [0.25, 0.3) is 0 Å². The van der Waals surface area contributed by atoms with Gasteiger partial charge in [0.15, 0.2) is 0 Å². The normalized spacial score (nSPS) is 10.5. The monoisotopic (exact) mass is 463 g/mol. The molecule has 1 aromatic heterocycles. The number of nitrogens with zero attached hydrogens (tertiary/aromatic N) is 3. The Morgan fingerprint density at radius 3 is 2.14 bits per heavy atom. The summed E-state index contributed by atoms with van der Waals surface area (Å²) in [6, 6.07) is 14.6. The minimum Gasteiger partial charge on any atom is -0.478 e. The van der Waals surface area contributed by atoms with E-state index in [1.165, 1.54) is 5.56 Å². The first-order valence-electron chi connectivity index (χ1n) is 9.04. The molecule has 1 aromatic carbocycles. The van der Waals surface area contributed by atoms with Crippen molar-refractivity contribution in [1.82, 2.24) is 9.88 Å². The van der Waals surface area contributed by atoms with Crippen LogP contribution in [-0.4, -0.2) is 58.7 Å². The minimum absolute atomic E-state index is 0.558. The van der Waals surface area contributed by atoms with Crippen molar-refractivity contribution in [3.63, 3.8) is 0 Å². The lowest BCUT2D eigenvalue weighted by Crippen LogP contribution is -2.33. The number of aliphatic carboxylic acids is 2. The Hall–Kier alpha value is -2.71. The average Bonchev–Trinajstić information content (AvgIpc) is 2.71. The molecule has 0 saturated carbocycles. The van der Waals surface area contributed by atoms with E-state index in [4.69, 9.17) is 10.2 Å². The maximum atomic E-state index is 9.55. The summed E-state index contributed by atoms with van der Waals surface area (Å²) in [6.07, 6.45) is 2.97. The Kier molecular flexibility index (Phi) is 11.3. The Morgan fingerprint density at radius 1 is 1.03 bits per heavy atom. The Bertz CT molecular complexity index is 766. The number of carboxylic acid groups (broad SMARTS) is 2. The molecule has 156 valence electrons. The summed E-state index contributed by atoms with van der Waals surface area (Å²) in [4.78, 5) is 28.2. The van der Waals surface area contributed by atoms with Gasteiger partial charge in [-0.1, -0.05) is 41.1 Å². The van der Waals surface area contributed by atoms with Crippen LogP contribution in [0.15, 0.2) is 65.3 Å². The molecule has 0 aliphatic heterocycles. The molecule has 2 aromatic rings. The van der Waals surface area contributed by atoms with Gasteiger partial charge in [-0.25, -0.2) is 14.6 Å². The van der Waals surface area contributed by atoms with Crippen LogP contribution in [0, 0.1) is 0 Å². The van der Waals surface area contributed by atoms with E-state index < -0.39 is 11.9 Å². The predicted molar refractivity (Wildman–Crippen MR) is 117 cm³/mol. The van der Waals surface area contributed by atoms with E-state index in [9.17, 15) is 9.59 Å². The Labute approximate surface area is 179 Å². The summed E-state index contributed by atoms with van der Waals surface area (Å²) in [5.74, 6) is -1.48. The van der Waals surface area contributed by atoms with Crippen molar-refractivity contribution >= 4 is 33.7 Å². The highest BCUT2D eigenvalue weighted by Gasteiger charge is 2.09. The summed E-state index contributed by atoms with van der Waals surface area (Å²) in [5.41, 5.74) is 1.29. The molecular weight excluding hydrogens is 438 g/mol. The fraction of sp³-hybridized carbons (Fsp3) is 0.286. The molecule has 0 bridgehead atoms. The van der Waals surface area contributed by atoms with Gasteiger partial charge in [-0.3, -0.25) is 0 Å². The van der Waals surface area contributed by atoms with Crippen molar-refractivity contribution in [1.29, 1.82) is 0 Å². The average molecular weight is 464 g/mol. The third-order valence-electron chi connectivity index (χ3n) is 3.92. The second kappa shape index (κ2) is 13.5. The van der Waals surface area contributed by atoms with Crippen molar-refractivity contribution in [3.8, 4) is 0 Å². The Morgan fingerprint density at radius 2 is 1.66 bits per heavy atom. The number of benzene rings is 1. The van der Waals surface area contributed by atoms with E-state index in [-0.39, 0.29) is 0 Å². The highest BCUT2D eigenvalue weighted by molar-refractivity contribution is 9.10. The number of halogens is 1. The summed E-state index contributed by atoms with van der Waals surface area (Å²) in [5, 5.41) is 15.6. The van der Waals surface area contributed by atoms with E-state index in [0.717, 1.165) is 36.5 Å². The molecule has 0 unspecified atom stereocenters. The SMILES string of the molecule is CCN(C)CCN(Cc1ccc(Br)cc1)c1ccccn1.O=C(O)C=CC(=O)O. The van der Waals surface area contributed by atoms with Crippen LogP contribution >= 0.6 is 15.9 Å². The van der Waals surface area contributed by atoms with Gasteiger partial charge in [0.05, 0.1) is 0 Å². The molecule has 0 aliphatic carbocycles. The first kappa shape index (κ1) is 24.3. The van der Waals surface area contributed by atoms with E-state index in [2.05, 4.69) is 75.0 Å². The lowest BCUT2D eigenvalue weighted by Gasteiger charge is -2.26. The van der Waals surface area contributed by atoms with Crippen LogP contribution in [0.5, 0.6) is 0 Å². The number of likely N-dealkylation sites (N-methyl/N-ethyl adjacent to an activating group) is 1. The van der Waals surface area contributed by atoms with Crippen LogP contribution in [0.1, 0.15) is 12.5 Å². The van der Waals surface area contributed by atoms with E-state index in [1.54, 1.807) is 0 Å². The molecule has 2 N–H and O–H groups in total. The zero-order valence-electron chi connectivity index (χ0n) is 16.5. The molecular formula is C21H26BrN3O4. The van der Waals surface area contributed by atoms with Crippen molar-refractivity contribution < 1.29 is 19.8 Å². The van der Waals surface area contributed by atoms with Crippen LogP contribution in [0.4, 0.5) is 5.82 Å². The number of carbonyl (C=O) groups is 2. The molecule has 8 heteroatoms. The quantitative estimate of drug-likeness (QED) is 0.549. The summed E-state index contributed by atoms with van der Waals surface area (Å²) in [6.45, 7) is 6.12. The lowest BCUT2D eigenvalue weighted by molar-refractivity contribution is -0.134. The number of hydrogen-bond acceptors (Lipinski definition) is 5. The molecule has 1 heterocycles. The molecule has 0 aliphatic rings. The summed E-state index contributed by atoms with van der Waals surface area (Å²) in [7, 11) is 2.15. The van der Waals surface area contributed by atoms with Gasteiger partial charge >= 0.3 is 11.9 Å². The second-order valence-electron chi connectivity index (χ2n) is 6.14. The van der Waals surface area contributed by atoms with Crippen LogP contribution in [0.3, 0.4) is 0 Å². The largest absolute Gasteiger partial charge is 0.478 e. The van der Waals surface area contributed by atoms with Crippen molar-refractivity contribution in [2.45, 2.75) is 13.5 Å². The highest BCUT2D eigenvalue weighted by Crippen LogP contribution is 2.16. The fourth-order valence-corrected chi connectivity index (χ4v) is 2.48. The third kappa shape index (κ3) is 11.0. The number of anilines is 1. The second-order valence-corrected chi connectivity index (χ2v) is 7.06. The summed E-state index contributed by atoms with van der Waals surface area (Å²) >= 11 is 3.48. The van der Waals surface area contributed by atoms with Crippen molar-refractivity contribution in [2.24, 2.45) is 0 Å². The van der Waals surface area contributed by atoms with Gasteiger partial charge in [-0.05, 0) is 43.4 Å². The molecule has 0 fully saturated rings. The number of pyridine rings is 1. The topological polar surface area (TPSA) is 94.0 Å². The zero-order chi connectivity index (χ0) is 21.6. The molecule has 7 nitrogen and oxygen atoms in total. The Balaban J connectivity index is 0.000000447. The van der Waals surface area contributed by atoms with E-state index in [0.29, 0.717) is 12.2 Å². The number of hydrogen-bond donors (Lipinski definition) is 2. The van der Waals surface area contributed by atoms with Crippen LogP contribution in [0.25, 0.3) is 0 Å². The maximum Gasteiger partial charge on any atom is 0.328 e. The first-order chi connectivity index (χ1) is 13.8. The zero-order valence-corrected chi connectivity index (χ0v) is 18.1. The van der Waals surface area contributed by atoms with E-state index >= 15 is 0 Å². The molecule has 0 saturated heterocycles. The molecule has 0 atom stereocenters. The highest BCUT2D eigenvalue weighted by atomic mass is 79.9. The van der Waals surface area contributed by atoms with E-state index in [1.807, 2.05) is 18.3 Å². The third-order valence-corrected chi connectivity index (χ3v) is 4.45. The standard InChI is InChI=1S/C17H22BrN3.C4H4O4/c1-3-20(2)12-13-21(17-6-4-5-11-19-17)14-15-7-9-16(18)10-8-15;5-3(6)1-2-4(7)8/h4-11H,3,12-14H2,1-2H3;1-2H,(H,5,6)(H,7,8). The van der Waals surface area contributed by atoms with Gasteiger partial charge in [0.1, 0.15) is 5.82 Å². The first-order valence-corrected chi connectivity index (χ1v) is 9.84. The van der Waals surface area contributed by atoms with Crippen LogP contribution < -0.4 is 4.90 Å². The van der Waals surface area contributed by atoms with Gasteiger partial charge in [0.2, 0.25) is 0 Å². The fourth-order valence-electron chi connectivity index (χ4n) is 2.22. The molecule has 29 heavy (non-hydrogen) atoms.